The highest BCUT2D eigenvalue weighted by Crippen LogP contribution is 2.30. The fraction of sp³-hybridized carbons (Fsp3) is 0.235. The molecule has 108 valence electrons. The van der Waals surface area contributed by atoms with E-state index in [1.807, 2.05) is 25.3 Å². The van der Waals surface area contributed by atoms with E-state index in [1.165, 1.54) is 12.1 Å². The molecule has 0 amide bonds. The number of halogens is 2. The highest BCUT2D eigenvalue weighted by Gasteiger charge is 2.18. The molecule has 3 rings (SSSR count). The van der Waals surface area contributed by atoms with E-state index in [0.29, 0.717) is 0 Å². The molecular weight excluding hydrogens is 287 g/mol. The molecule has 4 heteroatoms. The first-order valence-corrected chi connectivity index (χ1v) is 7.30. The van der Waals surface area contributed by atoms with Gasteiger partial charge >= 0.3 is 0 Å². The summed E-state index contributed by atoms with van der Waals surface area (Å²) in [5.74, 6) is 0.452. The monoisotopic (exact) mass is 302 g/mol. The molecule has 0 aliphatic carbocycles. The van der Waals surface area contributed by atoms with Crippen LogP contribution in [0.5, 0.6) is 0 Å². The molecule has 0 aliphatic heterocycles. The highest BCUT2D eigenvalue weighted by atomic mass is 35.5. The number of alkyl halides is 1. The number of imidazole rings is 1. The first-order chi connectivity index (χ1) is 9.97. The second-order valence-electron chi connectivity index (χ2n) is 5.34. The third-order valence-corrected chi connectivity index (χ3v) is 3.80. The van der Waals surface area contributed by atoms with E-state index < -0.39 is 0 Å². The average molecular weight is 303 g/mol. The summed E-state index contributed by atoms with van der Waals surface area (Å²) < 4.78 is 15.6. The van der Waals surface area contributed by atoms with Crippen molar-refractivity contribution >= 4 is 22.6 Å². The maximum Gasteiger partial charge on any atom is 0.132 e. The van der Waals surface area contributed by atoms with Gasteiger partial charge < -0.3 is 0 Å². The Labute approximate surface area is 128 Å². The van der Waals surface area contributed by atoms with Gasteiger partial charge in [-0.1, -0.05) is 12.1 Å². The predicted molar refractivity (Wildman–Crippen MR) is 84.8 cm³/mol. The lowest BCUT2D eigenvalue weighted by molar-refractivity contribution is 0.629. The van der Waals surface area contributed by atoms with E-state index in [4.69, 9.17) is 11.6 Å². The molecule has 1 atom stereocenters. The smallest absolute Gasteiger partial charge is 0.132 e. The molecular formula is C17H16ClFN2. The zero-order valence-corrected chi connectivity index (χ0v) is 12.9. The summed E-state index contributed by atoms with van der Waals surface area (Å²) >= 11 is 6.28. The lowest BCUT2D eigenvalue weighted by atomic mass is 10.1. The summed E-state index contributed by atoms with van der Waals surface area (Å²) in [6, 6.07) is 10.8. The van der Waals surface area contributed by atoms with Crippen LogP contribution in [0, 0.1) is 19.7 Å². The Morgan fingerprint density at radius 1 is 1.14 bits per heavy atom. The van der Waals surface area contributed by atoms with Crippen molar-refractivity contribution in [2.75, 3.05) is 0 Å². The molecule has 3 aromatic rings. The third-order valence-electron chi connectivity index (χ3n) is 3.60. The Kier molecular flexibility index (Phi) is 3.46. The number of nitrogens with zero attached hydrogens (tertiary/aromatic N) is 2. The number of hydrogen-bond acceptors (Lipinski definition) is 1. The average Bonchev–Trinajstić information content (AvgIpc) is 2.80. The summed E-state index contributed by atoms with van der Waals surface area (Å²) in [7, 11) is 0. The molecule has 2 nitrogen and oxygen atoms in total. The molecule has 0 bridgehead atoms. The molecule has 1 aromatic heterocycles. The lowest BCUT2D eigenvalue weighted by Gasteiger charge is -2.14. The molecule has 0 fully saturated rings. The molecule has 0 spiro atoms. The van der Waals surface area contributed by atoms with Gasteiger partial charge in [-0.05, 0) is 50.1 Å². The Hall–Kier alpha value is -1.87. The van der Waals surface area contributed by atoms with Crippen molar-refractivity contribution in [3.05, 3.63) is 59.2 Å². The Balaban J connectivity index is 2.41. The van der Waals surface area contributed by atoms with E-state index in [1.54, 1.807) is 6.07 Å². The molecule has 1 unspecified atom stereocenters. The fourth-order valence-electron chi connectivity index (χ4n) is 2.55. The minimum absolute atomic E-state index is 0.264. The molecule has 0 N–H and O–H groups in total. The van der Waals surface area contributed by atoms with Crippen molar-refractivity contribution in [3.63, 3.8) is 0 Å². The number of benzene rings is 2. The summed E-state index contributed by atoms with van der Waals surface area (Å²) in [6.07, 6.45) is 0. The van der Waals surface area contributed by atoms with Gasteiger partial charge in [-0.15, -0.1) is 11.6 Å². The minimum atomic E-state index is -0.275. The topological polar surface area (TPSA) is 17.8 Å². The second-order valence-corrected chi connectivity index (χ2v) is 6.00. The Bertz CT molecular complexity index is 821. The normalized spacial score (nSPS) is 12.8. The molecule has 0 radical (unpaired) electrons. The first-order valence-electron chi connectivity index (χ1n) is 6.87. The zero-order valence-electron chi connectivity index (χ0n) is 12.2. The summed E-state index contributed by atoms with van der Waals surface area (Å²) in [5, 5.41) is -0.264. The van der Waals surface area contributed by atoms with Gasteiger partial charge in [0.25, 0.3) is 0 Å². The Morgan fingerprint density at radius 3 is 2.62 bits per heavy atom. The van der Waals surface area contributed by atoms with Crippen molar-refractivity contribution in [2.24, 2.45) is 0 Å². The number of hydrogen-bond donors (Lipinski definition) is 0. The van der Waals surface area contributed by atoms with E-state index in [2.05, 4.69) is 23.2 Å². The first kappa shape index (κ1) is 14.1. The van der Waals surface area contributed by atoms with E-state index in [-0.39, 0.29) is 11.2 Å². The largest absolute Gasteiger partial charge is 0.295 e. The van der Waals surface area contributed by atoms with Crippen LogP contribution >= 0.6 is 11.6 Å². The van der Waals surface area contributed by atoms with Crippen LogP contribution in [-0.2, 0) is 0 Å². The van der Waals surface area contributed by atoms with Crippen molar-refractivity contribution < 1.29 is 4.39 Å². The van der Waals surface area contributed by atoms with Crippen LogP contribution < -0.4 is 0 Å². The van der Waals surface area contributed by atoms with Gasteiger partial charge in [0.1, 0.15) is 11.6 Å². The van der Waals surface area contributed by atoms with Crippen molar-refractivity contribution in [1.82, 2.24) is 9.55 Å². The number of fused-ring (bicyclic) bond motifs is 1. The maximum absolute atomic E-state index is 13.6. The van der Waals surface area contributed by atoms with E-state index >= 15 is 0 Å². The van der Waals surface area contributed by atoms with Crippen molar-refractivity contribution in [1.29, 1.82) is 0 Å². The van der Waals surface area contributed by atoms with Gasteiger partial charge in [-0.25, -0.2) is 9.37 Å². The number of rotatable bonds is 2. The summed E-state index contributed by atoms with van der Waals surface area (Å²) in [6.45, 7) is 5.94. The van der Waals surface area contributed by atoms with Crippen LogP contribution in [-0.4, -0.2) is 9.55 Å². The third kappa shape index (κ3) is 2.42. The SMILES string of the molecule is Cc1ccc(C)c(-n2c(C(C)Cl)nc3ccc(F)cc32)c1. The predicted octanol–water partition coefficient (Wildman–Crippen LogP) is 5.08. The standard InChI is InChI=1S/C17H16ClFN2/c1-10-4-5-11(2)15(8-10)21-16-9-13(19)6-7-14(16)20-17(21)12(3)18/h4-9,12H,1-3H3. The van der Waals surface area contributed by atoms with Crippen LogP contribution in [0.4, 0.5) is 4.39 Å². The van der Waals surface area contributed by atoms with Gasteiger partial charge in [0.15, 0.2) is 0 Å². The van der Waals surface area contributed by atoms with Gasteiger partial charge in [-0.2, -0.15) is 0 Å². The van der Waals surface area contributed by atoms with Crippen molar-refractivity contribution in [3.8, 4) is 5.69 Å². The zero-order chi connectivity index (χ0) is 15.1. The van der Waals surface area contributed by atoms with Crippen LogP contribution in [0.25, 0.3) is 16.7 Å². The van der Waals surface area contributed by atoms with Gasteiger partial charge in [0, 0.05) is 6.07 Å². The van der Waals surface area contributed by atoms with Crippen LogP contribution in [0.2, 0.25) is 0 Å². The fourth-order valence-corrected chi connectivity index (χ4v) is 2.69. The van der Waals surface area contributed by atoms with Gasteiger partial charge in [0.2, 0.25) is 0 Å². The second kappa shape index (κ2) is 5.15. The van der Waals surface area contributed by atoms with E-state index in [0.717, 1.165) is 33.7 Å². The number of aryl methyl sites for hydroxylation is 2. The van der Waals surface area contributed by atoms with Crippen LogP contribution in [0.1, 0.15) is 29.3 Å². The molecule has 2 aromatic carbocycles. The molecule has 0 aliphatic rings. The van der Waals surface area contributed by atoms with Gasteiger partial charge in [-0.3, -0.25) is 4.57 Å². The summed E-state index contributed by atoms with van der Waals surface area (Å²) in [4.78, 5) is 4.56. The van der Waals surface area contributed by atoms with Crippen molar-refractivity contribution in [2.45, 2.75) is 26.1 Å². The lowest BCUT2D eigenvalue weighted by Crippen LogP contribution is -2.04. The maximum atomic E-state index is 13.6. The van der Waals surface area contributed by atoms with Gasteiger partial charge in [0.05, 0.1) is 22.1 Å². The quantitative estimate of drug-likeness (QED) is 0.604. The molecule has 0 saturated carbocycles. The molecule has 21 heavy (non-hydrogen) atoms. The molecule has 1 heterocycles. The molecule has 0 saturated heterocycles. The Morgan fingerprint density at radius 2 is 1.90 bits per heavy atom. The van der Waals surface area contributed by atoms with E-state index in [9.17, 15) is 4.39 Å². The van der Waals surface area contributed by atoms with Crippen LogP contribution in [0.3, 0.4) is 0 Å². The number of aromatic nitrogens is 2. The summed E-state index contributed by atoms with van der Waals surface area (Å²) in [5.41, 5.74) is 4.72. The van der Waals surface area contributed by atoms with Crippen LogP contribution in [0.15, 0.2) is 36.4 Å². The highest BCUT2D eigenvalue weighted by molar-refractivity contribution is 6.20. The minimum Gasteiger partial charge on any atom is -0.295 e.